The fraction of sp³-hybridized carbons (Fsp3) is 0.571. The highest BCUT2D eigenvalue weighted by Gasteiger charge is 1.96. The lowest BCUT2D eigenvalue weighted by atomic mass is 10.4. The maximum absolute atomic E-state index is 7.23. The summed E-state index contributed by atoms with van der Waals surface area (Å²) in [7, 11) is 0. The number of nitrogens with one attached hydrogen (secondary N) is 1. The minimum Gasteiger partial charge on any atom is -0.357 e. The Kier molecular flexibility index (Phi) is 3.76. The molecule has 0 atom stereocenters. The van der Waals surface area contributed by atoms with Crippen LogP contribution in [0, 0.1) is 5.41 Å². The van der Waals surface area contributed by atoms with Crippen molar-refractivity contribution in [3.05, 3.63) is 12.7 Å². The van der Waals surface area contributed by atoms with E-state index in [0.29, 0.717) is 5.84 Å². The Morgan fingerprint density at radius 3 is 2.44 bits per heavy atom. The van der Waals surface area contributed by atoms with E-state index in [4.69, 9.17) is 5.41 Å². The lowest BCUT2D eigenvalue weighted by Gasteiger charge is -2.18. The van der Waals surface area contributed by atoms with Crippen molar-refractivity contribution in [1.29, 1.82) is 5.41 Å². The number of likely N-dealkylation sites (N-methyl/N-ethyl adjacent to an activating group) is 1. The number of nitrogens with zero attached hydrogens (tertiary/aromatic N) is 1. The molecule has 0 rings (SSSR count). The van der Waals surface area contributed by atoms with Crippen LogP contribution in [0.2, 0.25) is 0 Å². The van der Waals surface area contributed by atoms with Crippen molar-refractivity contribution in [2.24, 2.45) is 0 Å². The van der Waals surface area contributed by atoms with Crippen LogP contribution in [0.25, 0.3) is 0 Å². The van der Waals surface area contributed by atoms with Gasteiger partial charge in [0.1, 0.15) is 0 Å². The van der Waals surface area contributed by atoms with E-state index in [1.165, 1.54) is 0 Å². The van der Waals surface area contributed by atoms with Gasteiger partial charge in [-0.25, -0.2) is 0 Å². The van der Waals surface area contributed by atoms with Gasteiger partial charge in [0.05, 0.1) is 5.84 Å². The van der Waals surface area contributed by atoms with E-state index in [1.807, 2.05) is 17.9 Å². The van der Waals surface area contributed by atoms with E-state index in [-0.39, 0.29) is 0 Å². The summed E-state index contributed by atoms with van der Waals surface area (Å²) in [6.07, 6.45) is 1.81. The van der Waals surface area contributed by atoms with E-state index in [9.17, 15) is 0 Å². The van der Waals surface area contributed by atoms with Crippen LogP contribution >= 0.6 is 0 Å². The van der Waals surface area contributed by atoms with E-state index in [0.717, 1.165) is 13.1 Å². The predicted octanol–water partition coefficient (Wildman–Crippen LogP) is 1.49. The van der Waals surface area contributed by atoms with Crippen LogP contribution < -0.4 is 0 Å². The molecule has 0 aromatic rings. The van der Waals surface area contributed by atoms with Crippen molar-refractivity contribution in [2.45, 2.75) is 13.8 Å². The second-order valence-corrected chi connectivity index (χ2v) is 1.91. The molecule has 52 valence electrons. The second-order valence-electron chi connectivity index (χ2n) is 1.91. The number of rotatable bonds is 3. The molecule has 0 aliphatic carbocycles. The molecular weight excluding hydrogens is 112 g/mol. The lowest BCUT2D eigenvalue weighted by Crippen LogP contribution is -2.27. The molecule has 0 fully saturated rings. The Hall–Kier alpha value is -0.790. The Labute approximate surface area is 56.7 Å². The molecule has 2 heteroatoms. The predicted molar refractivity (Wildman–Crippen MR) is 40.8 cm³/mol. The Bertz CT molecular complexity index is 107. The quantitative estimate of drug-likeness (QED) is 0.346. The van der Waals surface area contributed by atoms with Gasteiger partial charge in [0.15, 0.2) is 0 Å². The van der Waals surface area contributed by atoms with Gasteiger partial charge in [0.25, 0.3) is 0 Å². The lowest BCUT2D eigenvalue weighted by molar-refractivity contribution is 0.482. The zero-order valence-electron chi connectivity index (χ0n) is 6.15. The molecule has 0 radical (unpaired) electrons. The zero-order valence-corrected chi connectivity index (χ0v) is 6.15. The summed E-state index contributed by atoms with van der Waals surface area (Å²) in [5, 5.41) is 7.23. The maximum Gasteiger partial charge on any atom is 0.0928 e. The largest absolute Gasteiger partial charge is 0.357 e. The zero-order chi connectivity index (χ0) is 7.28. The van der Waals surface area contributed by atoms with Gasteiger partial charge in [-0.1, -0.05) is 6.08 Å². The summed E-state index contributed by atoms with van der Waals surface area (Å²) >= 11 is 0. The second kappa shape index (κ2) is 4.13. The first kappa shape index (κ1) is 8.21. The van der Waals surface area contributed by atoms with Crippen LogP contribution in [0.15, 0.2) is 12.7 Å². The molecule has 0 saturated heterocycles. The molecule has 0 spiro atoms. The first-order chi connectivity index (χ1) is 4.22. The molecule has 0 aliphatic heterocycles. The van der Waals surface area contributed by atoms with Crippen molar-refractivity contribution in [3.8, 4) is 0 Å². The van der Waals surface area contributed by atoms with Gasteiger partial charge < -0.3 is 4.90 Å². The summed E-state index contributed by atoms with van der Waals surface area (Å²) < 4.78 is 0. The number of amidine groups is 1. The molecule has 0 amide bonds. The summed E-state index contributed by atoms with van der Waals surface area (Å²) in [5.74, 6) is 0.609. The summed E-state index contributed by atoms with van der Waals surface area (Å²) in [4.78, 5) is 1.94. The number of hydrogen-bond acceptors (Lipinski definition) is 1. The monoisotopic (exact) mass is 126 g/mol. The maximum atomic E-state index is 7.23. The minimum absolute atomic E-state index is 0.609. The average Bonchev–Trinajstić information content (AvgIpc) is 1.82. The van der Waals surface area contributed by atoms with Crippen molar-refractivity contribution in [3.63, 3.8) is 0 Å². The van der Waals surface area contributed by atoms with Gasteiger partial charge >= 0.3 is 0 Å². The van der Waals surface area contributed by atoms with Gasteiger partial charge in [0.2, 0.25) is 0 Å². The van der Waals surface area contributed by atoms with E-state index < -0.39 is 0 Å². The first-order valence-corrected chi connectivity index (χ1v) is 3.13. The van der Waals surface area contributed by atoms with E-state index in [1.54, 1.807) is 6.92 Å². The first-order valence-electron chi connectivity index (χ1n) is 3.13. The Morgan fingerprint density at radius 2 is 2.33 bits per heavy atom. The van der Waals surface area contributed by atoms with Crippen molar-refractivity contribution in [1.82, 2.24) is 4.90 Å². The molecule has 9 heavy (non-hydrogen) atoms. The van der Waals surface area contributed by atoms with Crippen LogP contribution in [0.3, 0.4) is 0 Å². The molecule has 1 N–H and O–H groups in total. The smallest absolute Gasteiger partial charge is 0.0928 e. The highest BCUT2D eigenvalue weighted by atomic mass is 15.1. The van der Waals surface area contributed by atoms with Crippen LogP contribution in [-0.4, -0.2) is 23.8 Å². The van der Waals surface area contributed by atoms with Gasteiger partial charge in [-0.2, -0.15) is 0 Å². The molecule has 0 bridgehead atoms. The van der Waals surface area contributed by atoms with Crippen LogP contribution in [-0.2, 0) is 0 Å². The number of hydrogen-bond donors (Lipinski definition) is 1. The van der Waals surface area contributed by atoms with Crippen LogP contribution in [0.1, 0.15) is 13.8 Å². The van der Waals surface area contributed by atoms with Crippen molar-refractivity contribution in [2.75, 3.05) is 13.1 Å². The van der Waals surface area contributed by atoms with Gasteiger partial charge in [-0.3, -0.25) is 5.41 Å². The molecule has 0 aromatic carbocycles. The third-order valence-electron chi connectivity index (χ3n) is 1.21. The van der Waals surface area contributed by atoms with E-state index in [2.05, 4.69) is 6.58 Å². The van der Waals surface area contributed by atoms with Crippen molar-refractivity contribution < 1.29 is 0 Å². The summed E-state index contributed by atoms with van der Waals surface area (Å²) in [5.41, 5.74) is 0. The van der Waals surface area contributed by atoms with Gasteiger partial charge in [0, 0.05) is 13.1 Å². The normalized spacial score (nSPS) is 8.67. The third kappa shape index (κ3) is 2.90. The fourth-order valence-corrected chi connectivity index (χ4v) is 0.659. The van der Waals surface area contributed by atoms with Crippen LogP contribution in [0.4, 0.5) is 0 Å². The highest BCUT2D eigenvalue weighted by Crippen LogP contribution is 1.87. The third-order valence-corrected chi connectivity index (χ3v) is 1.21. The molecular formula is C7H14N2. The molecule has 0 heterocycles. The van der Waals surface area contributed by atoms with Gasteiger partial charge in [-0.05, 0) is 13.8 Å². The molecule has 0 aliphatic rings. The minimum atomic E-state index is 0.609. The van der Waals surface area contributed by atoms with E-state index >= 15 is 0 Å². The average molecular weight is 126 g/mol. The highest BCUT2D eigenvalue weighted by molar-refractivity contribution is 5.76. The molecule has 0 unspecified atom stereocenters. The SMILES string of the molecule is C=CCN(CC)C(C)=N. The van der Waals surface area contributed by atoms with Crippen molar-refractivity contribution >= 4 is 5.84 Å². The summed E-state index contributed by atoms with van der Waals surface area (Å²) in [6, 6.07) is 0. The fourth-order valence-electron chi connectivity index (χ4n) is 0.659. The Morgan fingerprint density at radius 1 is 1.78 bits per heavy atom. The van der Waals surface area contributed by atoms with Gasteiger partial charge in [-0.15, -0.1) is 6.58 Å². The molecule has 0 saturated carbocycles. The Balaban J connectivity index is 3.67. The topological polar surface area (TPSA) is 27.1 Å². The van der Waals surface area contributed by atoms with Crippen LogP contribution in [0.5, 0.6) is 0 Å². The molecule has 0 aromatic heterocycles. The standard InChI is InChI=1S/C7H14N2/c1-4-6-9(5-2)7(3)8/h4,8H,1,5-6H2,2-3H3. The molecule has 2 nitrogen and oxygen atoms in total. The summed E-state index contributed by atoms with van der Waals surface area (Å²) in [6.45, 7) is 9.08.